The highest BCUT2D eigenvalue weighted by Gasteiger charge is 2.40. The Balaban J connectivity index is 0.00000163. The number of likely N-dealkylation sites (N-methyl/N-ethyl adjacent to an activating group) is 1. The Bertz CT molecular complexity index is 566. The maximum Gasteiger partial charge on any atom is 0.258 e. The highest BCUT2D eigenvalue weighted by atomic mass is 35.5. The summed E-state index contributed by atoms with van der Waals surface area (Å²) in [6.45, 7) is 6.37. The van der Waals surface area contributed by atoms with Crippen molar-refractivity contribution in [2.24, 2.45) is 5.92 Å². The van der Waals surface area contributed by atoms with Gasteiger partial charge in [0.15, 0.2) is 6.61 Å². The van der Waals surface area contributed by atoms with Gasteiger partial charge >= 0.3 is 0 Å². The molecule has 1 aromatic carbocycles. The number of benzene rings is 1. The van der Waals surface area contributed by atoms with Gasteiger partial charge in [0.25, 0.3) is 5.91 Å². The van der Waals surface area contributed by atoms with Gasteiger partial charge in [0.1, 0.15) is 5.75 Å². The third-order valence-corrected chi connectivity index (χ3v) is 4.60. The summed E-state index contributed by atoms with van der Waals surface area (Å²) in [5, 5.41) is 9.44. The van der Waals surface area contributed by atoms with Gasteiger partial charge in [-0.3, -0.25) is 9.59 Å². The molecule has 0 spiro atoms. The summed E-state index contributed by atoms with van der Waals surface area (Å²) in [7, 11) is 1.62. The molecule has 1 aliphatic rings. The highest BCUT2D eigenvalue weighted by molar-refractivity contribution is 6.30. The first-order chi connectivity index (χ1) is 12.5. The second-order valence-electron chi connectivity index (χ2n) is 5.88. The third kappa shape index (κ3) is 6.84. The number of carbonyl (C=O) groups excluding carboxylic acids is 2. The van der Waals surface area contributed by atoms with Gasteiger partial charge < -0.3 is 20.7 Å². The SMILES string of the molecule is CC.CCC1C(NCC(=O)NC)CC1NC(=O)COc1ccc(Cl)cc1. The number of hydrogen-bond acceptors (Lipinski definition) is 4. The molecule has 0 radical (unpaired) electrons. The number of ether oxygens (including phenoxy) is 1. The van der Waals surface area contributed by atoms with Gasteiger partial charge in [-0.15, -0.1) is 0 Å². The topological polar surface area (TPSA) is 79.5 Å². The normalized spacial score (nSPS) is 20.9. The zero-order chi connectivity index (χ0) is 19.5. The van der Waals surface area contributed by atoms with Crippen LogP contribution in [0.5, 0.6) is 5.75 Å². The quantitative estimate of drug-likeness (QED) is 0.643. The Kier molecular flexibility index (Phi) is 10.1. The van der Waals surface area contributed by atoms with Gasteiger partial charge in [0, 0.05) is 24.2 Å². The standard InChI is InChI=1S/C17H24ClN3O3.C2H6/c1-3-13-14(20-9-16(22)19-2)8-15(13)21-17(23)10-24-12-6-4-11(18)5-7-12;1-2/h4-7,13-15,20H,3,8-10H2,1-2H3,(H,19,22)(H,21,23);1-2H3. The van der Waals surface area contributed by atoms with Crippen LogP contribution in [0.3, 0.4) is 0 Å². The molecule has 3 unspecified atom stereocenters. The summed E-state index contributed by atoms with van der Waals surface area (Å²) < 4.78 is 5.44. The fourth-order valence-electron chi connectivity index (χ4n) is 2.92. The molecule has 3 N–H and O–H groups in total. The smallest absolute Gasteiger partial charge is 0.258 e. The molecule has 3 atom stereocenters. The van der Waals surface area contributed by atoms with Crippen molar-refractivity contribution in [3.05, 3.63) is 29.3 Å². The molecule has 2 amide bonds. The molecule has 0 aromatic heterocycles. The van der Waals surface area contributed by atoms with E-state index in [-0.39, 0.29) is 30.5 Å². The second-order valence-corrected chi connectivity index (χ2v) is 6.32. The Morgan fingerprint density at radius 1 is 1.15 bits per heavy atom. The zero-order valence-corrected chi connectivity index (χ0v) is 16.7. The Labute approximate surface area is 161 Å². The molecule has 1 saturated carbocycles. The minimum absolute atomic E-state index is 0.0229. The van der Waals surface area contributed by atoms with Crippen molar-refractivity contribution in [1.29, 1.82) is 0 Å². The first-order valence-electron chi connectivity index (χ1n) is 9.15. The minimum atomic E-state index is -0.141. The first kappa shape index (κ1) is 22.3. The largest absolute Gasteiger partial charge is 0.484 e. The van der Waals surface area contributed by atoms with Crippen molar-refractivity contribution < 1.29 is 14.3 Å². The van der Waals surface area contributed by atoms with E-state index in [1.54, 1.807) is 31.3 Å². The number of rotatable bonds is 8. The number of halogens is 1. The molecule has 2 rings (SSSR count). The van der Waals surface area contributed by atoms with Crippen LogP contribution in [-0.2, 0) is 9.59 Å². The van der Waals surface area contributed by atoms with E-state index in [2.05, 4.69) is 22.9 Å². The van der Waals surface area contributed by atoms with Crippen molar-refractivity contribution >= 4 is 23.4 Å². The lowest BCUT2D eigenvalue weighted by molar-refractivity contribution is -0.126. The van der Waals surface area contributed by atoms with Crippen LogP contribution in [0.25, 0.3) is 0 Å². The van der Waals surface area contributed by atoms with Crippen molar-refractivity contribution in [1.82, 2.24) is 16.0 Å². The summed E-state index contributed by atoms with van der Waals surface area (Å²) in [5.41, 5.74) is 0. The molecule has 1 aromatic rings. The molecule has 0 saturated heterocycles. The lowest BCUT2D eigenvalue weighted by Crippen LogP contribution is -2.61. The van der Waals surface area contributed by atoms with Gasteiger partial charge in [-0.05, 0) is 43.0 Å². The zero-order valence-electron chi connectivity index (χ0n) is 16.0. The van der Waals surface area contributed by atoms with Crippen molar-refractivity contribution in [3.8, 4) is 5.75 Å². The average Bonchev–Trinajstić information content (AvgIpc) is 2.65. The maximum absolute atomic E-state index is 12.0. The highest BCUT2D eigenvalue weighted by Crippen LogP contribution is 2.30. The van der Waals surface area contributed by atoms with E-state index < -0.39 is 0 Å². The van der Waals surface area contributed by atoms with Crippen LogP contribution < -0.4 is 20.7 Å². The molecular formula is C19H30ClN3O3. The van der Waals surface area contributed by atoms with Crippen LogP contribution in [0.1, 0.15) is 33.6 Å². The van der Waals surface area contributed by atoms with E-state index in [4.69, 9.17) is 16.3 Å². The fraction of sp³-hybridized carbons (Fsp3) is 0.579. The van der Waals surface area contributed by atoms with Crippen LogP contribution in [0.15, 0.2) is 24.3 Å². The van der Waals surface area contributed by atoms with E-state index in [1.165, 1.54) is 0 Å². The summed E-state index contributed by atoms with van der Waals surface area (Å²) >= 11 is 5.80. The molecular weight excluding hydrogens is 354 g/mol. The van der Waals surface area contributed by atoms with Gasteiger partial charge in [-0.25, -0.2) is 0 Å². The van der Waals surface area contributed by atoms with E-state index >= 15 is 0 Å². The van der Waals surface area contributed by atoms with Gasteiger partial charge in [0.2, 0.25) is 5.91 Å². The average molecular weight is 384 g/mol. The fourth-order valence-corrected chi connectivity index (χ4v) is 3.04. The number of amides is 2. The number of nitrogens with one attached hydrogen (secondary N) is 3. The molecule has 1 fully saturated rings. The van der Waals surface area contributed by atoms with Crippen LogP contribution in [0.2, 0.25) is 5.02 Å². The molecule has 7 heteroatoms. The van der Waals surface area contributed by atoms with Crippen LogP contribution >= 0.6 is 11.6 Å². The van der Waals surface area contributed by atoms with Crippen molar-refractivity contribution in [2.75, 3.05) is 20.2 Å². The molecule has 146 valence electrons. The van der Waals surface area contributed by atoms with Gasteiger partial charge in [-0.2, -0.15) is 0 Å². The monoisotopic (exact) mass is 383 g/mol. The third-order valence-electron chi connectivity index (χ3n) is 4.35. The summed E-state index contributed by atoms with van der Waals surface area (Å²) in [4.78, 5) is 23.3. The van der Waals surface area contributed by atoms with Gasteiger partial charge in [0.05, 0.1) is 6.54 Å². The Hall–Kier alpha value is -1.79. The van der Waals surface area contributed by atoms with E-state index in [0.717, 1.165) is 12.8 Å². The molecule has 0 bridgehead atoms. The molecule has 1 aliphatic carbocycles. The van der Waals surface area contributed by atoms with Gasteiger partial charge in [-0.1, -0.05) is 32.4 Å². The summed E-state index contributed by atoms with van der Waals surface area (Å²) in [5.74, 6) is 0.765. The van der Waals surface area contributed by atoms with E-state index in [9.17, 15) is 9.59 Å². The Morgan fingerprint density at radius 2 is 1.81 bits per heavy atom. The second kappa shape index (κ2) is 11.8. The van der Waals surface area contributed by atoms with E-state index in [1.807, 2.05) is 13.8 Å². The molecule has 26 heavy (non-hydrogen) atoms. The number of hydrogen-bond donors (Lipinski definition) is 3. The molecule has 0 aliphatic heterocycles. The van der Waals surface area contributed by atoms with Crippen LogP contribution in [0.4, 0.5) is 0 Å². The Morgan fingerprint density at radius 3 is 2.38 bits per heavy atom. The van der Waals surface area contributed by atoms with Crippen LogP contribution in [-0.4, -0.2) is 44.1 Å². The summed E-state index contributed by atoms with van der Waals surface area (Å²) in [6.07, 6.45) is 1.76. The predicted octanol–water partition coefficient (Wildman–Crippen LogP) is 2.36. The molecule has 6 nitrogen and oxygen atoms in total. The minimum Gasteiger partial charge on any atom is -0.484 e. The first-order valence-corrected chi connectivity index (χ1v) is 9.53. The number of carbonyl (C=O) groups is 2. The molecule has 0 heterocycles. The lowest BCUT2D eigenvalue weighted by atomic mass is 9.72. The predicted molar refractivity (Wildman–Crippen MR) is 104 cm³/mol. The van der Waals surface area contributed by atoms with Crippen molar-refractivity contribution in [2.45, 2.75) is 45.7 Å². The maximum atomic E-state index is 12.0. The van der Waals surface area contributed by atoms with E-state index in [0.29, 0.717) is 23.2 Å². The van der Waals surface area contributed by atoms with Crippen molar-refractivity contribution in [3.63, 3.8) is 0 Å². The van der Waals surface area contributed by atoms with Crippen LogP contribution in [0, 0.1) is 5.92 Å². The summed E-state index contributed by atoms with van der Waals surface area (Å²) in [6, 6.07) is 7.28. The lowest BCUT2D eigenvalue weighted by Gasteiger charge is -2.45.